The molecule has 0 atom stereocenters. The Morgan fingerprint density at radius 3 is 2.38 bits per heavy atom. The van der Waals surface area contributed by atoms with Gasteiger partial charge < -0.3 is 10.1 Å². The predicted molar refractivity (Wildman–Crippen MR) is 81.9 cm³/mol. The Bertz CT molecular complexity index is 680. The van der Waals surface area contributed by atoms with Crippen LogP contribution in [0.25, 0.3) is 0 Å². The Hall–Kier alpha value is -2.33. The molecule has 1 amide bonds. The van der Waals surface area contributed by atoms with E-state index in [0.29, 0.717) is 16.3 Å². The van der Waals surface area contributed by atoms with Gasteiger partial charge in [-0.15, -0.1) is 0 Å². The van der Waals surface area contributed by atoms with E-state index in [9.17, 15) is 9.59 Å². The number of amides is 1. The van der Waals surface area contributed by atoms with Crippen molar-refractivity contribution in [1.82, 2.24) is 0 Å². The zero-order valence-corrected chi connectivity index (χ0v) is 12.4. The quantitative estimate of drug-likeness (QED) is 0.692. The molecular formula is C16H14ClNO3. The van der Waals surface area contributed by atoms with E-state index in [1.807, 2.05) is 6.92 Å². The van der Waals surface area contributed by atoms with Gasteiger partial charge in [0.15, 0.2) is 0 Å². The van der Waals surface area contributed by atoms with Crippen LogP contribution in [0.3, 0.4) is 0 Å². The summed E-state index contributed by atoms with van der Waals surface area (Å²) in [4.78, 5) is 23.4. The van der Waals surface area contributed by atoms with Gasteiger partial charge in [0.2, 0.25) is 0 Å². The number of nitrogens with one attached hydrogen (secondary N) is 1. The maximum atomic E-state index is 12.3. The van der Waals surface area contributed by atoms with E-state index in [0.717, 1.165) is 5.56 Å². The van der Waals surface area contributed by atoms with E-state index in [-0.39, 0.29) is 11.7 Å². The van der Waals surface area contributed by atoms with Gasteiger partial charge in [0.05, 0.1) is 5.56 Å². The fourth-order valence-electron chi connectivity index (χ4n) is 1.80. The number of ether oxygens (including phenoxy) is 1. The van der Waals surface area contributed by atoms with Crippen LogP contribution in [0.5, 0.6) is 5.75 Å². The second-order valence-corrected chi connectivity index (χ2v) is 4.99. The highest BCUT2D eigenvalue weighted by Gasteiger charge is 2.14. The van der Waals surface area contributed by atoms with Crippen molar-refractivity contribution in [2.75, 3.05) is 5.32 Å². The Kier molecular flexibility index (Phi) is 4.60. The summed E-state index contributed by atoms with van der Waals surface area (Å²) >= 11 is 5.80. The molecule has 0 heterocycles. The minimum Gasteiger partial charge on any atom is -0.426 e. The molecule has 0 saturated heterocycles. The highest BCUT2D eigenvalue weighted by Crippen LogP contribution is 2.22. The lowest BCUT2D eigenvalue weighted by atomic mass is 10.1. The van der Waals surface area contributed by atoms with Gasteiger partial charge in [0.1, 0.15) is 5.75 Å². The van der Waals surface area contributed by atoms with Crippen LogP contribution in [0.4, 0.5) is 5.69 Å². The number of aryl methyl sites for hydroxylation is 1. The van der Waals surface area contributed by atoms with E-state index < -0.39 is 5.97 Å². The molecule has 0 bridgehead atoms. The van der Waals surface area contributed by atoms with Crippen molar-refractivity contribution in [3.63, 3.8) is 0 Å². The summed E-state index contributed by atoms with van der Waals surface area (Å²) in [7, 11) is 0. The molecule has 1 N–H and O–H groups in total. The van der Waals surface area contributed by atoms with Crippen LogP contribution in [0, 0.1) is 6.92 Å². The number of halogens is 1. The summed E-state index contributed by atoms with van der Waals surface area (Å²) < 4.78 is 5.06. The molecule has 0 aliphatic rings. The standard InChI is InChI=1S/C16H14ClNO3/c1-10-3-8-15(21-11(2)19)14(9-10)16(20)18-13-6-4-12(17)5-7-13/h3-9H,1-2H3,(H,18,20). The monoisotopic (exact) mass is 303 g/mol. The van der Waals surface area contributed by atoms with Gasteiger partial charge >= 0.3 is 5.97 Å². The molecular weight excluding hydrogens is 290 g/mol. The zero-order valence-electron chi connectivity index (χ0n) is 11.6. The summed E-state index contributed by atoms with van der Waals surface area (Å²) in [6.07, 6.45) is 0. The van der Waals surface area contributed by atoms with E-state index >= 15 is 0 Å². The van der Waals surface area contributed by atoms with Crippen LogP contribution < -0.4 is 10.1 Å². The van der Waals surface area contributed by atoms with E-state index in [1.165, 1.54) is 6.92 Å². The summed E-state index contributed by atoms with van der Waals surface area (Å²) in [5.74, 6) is -0.587. The van der Waals surface area contributed by atoms with Crippen LogP contribution >= 0.6 is 11.6 Å². The van der Waals surface area contributed by atoms with E-state index in [4.69, 9.17) is 16.3 Å². The Morgan fingerprint density at radius 1 is 1.10 bits per heavy atom. The van der Waals surface area contributed by atoms with Crippen LogP contribution in [-0.4, -0.2) is 11.9 Å². The maximum absolute atomic E-state index is 12.3. The molecule has 2 aromatic carbocycles. The van der Waals surface area contributed by atoms with Crippen LogP contribution in [0.15, 0.2) is 42.5 Å². The molecule has 0 aliphatic heterocycles. The van der Waals surface area contributed by atoms with Crippen molar-refractivity contribution in [3.05, 3.63) is 58.6 Å². The number of carbonyl (C=O) groups excluding carboxylic acids is 2. The number of anilines is 1. The number of benzene rings is 2. The molecule has 0 saturated carbocycles. The van der Waals surface area contributed by atoms with E-state index in [1.54, 1.807) is 42.5 Å². The highest BCUT2D eigenvalue weighted by atomic mass is 35.5. The van der Waals surface area contributed by atoms with Crippen LogP contribution in [0.2, 0.25) is 5.02 Å². The lowest BCUT2D eigenvalue weighted by molar-refractivity contribution is -0.131. The summed E-state index contributed by atoms with van der Waals surface area (Å²) in [6.45, 7) is 3.15. The molecule has 0 aliphatic carbocycles. The van der Waals surface area contributed by atoms with Gasteiger partial charge in [-0.05, 0) is 43.3 Å². The number of rotatable bonds is 3. The first-order valence-corrected chi connectivity index (χ1v) is 6.69. The molecule has 108 valence electrons. The lowest BCUT2D eigenvalue weighted by Crippen LogP contribution is -2.15. The molecule has 0 spiro atoms. The second-order valence-electron chi connectivity index (χ2n) is 4.55. The Balaban J connectivity index is 2.27. The normalized spacial score (nSPS) is 10.0. The first-order valence-electron chi connectivity index (χ1n) is 6.31. The first kappa shape index (κ1) is 15.1. The molecule has 0 unspecified atom stereocenters. The van der Waals surface area contributed by atoms with Gasteiger partial charge in [-0.25, -0.2) is 0 Å². The third-order valence-corrected chi connectivity index (χ3v) is 2.99. The maximum Gasteiger partial charge on any atom is 0.308 e. The lowest BCUT2D eigenvalue weighted by Gasteiger charge is -2.10. The average Bonchev–Trinajstić information content (AvgIpc) is 2.43. The van der Waals surface area contributed by atoms with Crippen molar-refractivity contribution in [2.45, 2.75) is 13.8 Å². The molecule has 2 aromatic rings. The van der Waals surface area contributed by atoms with Crippen molar-refractivity contribution < 1.29 is 14.3 Å². The average molecular weight is 304 g/mol. The third kappa shape index (κ3) is 4.07. The molecule has 5 heteroatoms. The summed E-state index contributed by atoms with van der Waals surface area (Å²) in [5, 5.41) is 3.32. The van der Waals surface area contributed by atoms with Crippen molar-refractivity contribution in [3.8, 4) is 5.75 Å². The van der Waals surface area contributed by atoms with Gasteiger partial charge in [-0.3, -0.25) is 9.59 Å². The molecule has 4 nitrogen and oxygen atoms in total. The SMILES string of the molecule is CC(=O)Oc1ccc(C)cc1C(=O)Nc1ccc(Cl)cc1. The fraction of sp³-hybridized carbons (Fsp3) is 0.125. The van der Waals surface area contributed by atoms with Crippen molar-refractivity contribution in [2.24, 2.45) is 0 Å². The second kappa shape index (κ2) is 6.41. The topological polar surface area (TPSA) is 55.4 Å². The van der Waals surface area contributed by atoms with Gasteiger partial charge in [-0.1, -0.05) is 23.2 Å². The molecule has 2 rings (SSSR count). The van der Waals surface area contributed by atoms with Gasteiger partial charge in [-0.2, -0.15) is 0 Å². The minimum absolute atomic E-state index is 0.236. The molecule has 0 fully saturated rings. The minimum atomic E-state index is -0.473. The number of hydrogen-bond acceptors (Lipinski definition) is 3. The highest BCUT2D eigenvalue weighted by molar-refractivity contribution is 6.30. The van der Waals surface area contributed by atoms with Gasteiger partial charge in [0.25, 0.3) is 5.91 Å². The smallest absolute Gasteiger partial charge is 0.308 e. The molecule has 0 aromatic heterocycles. The summed E-state index contributed by atoms with van der Waals surface area (Å²) in [5.41, 5.74) is 1.81. The van der Waals surface area contributed by atoms with Crippen LogP contribution in [-0.2, 0) is 4.79 Å². The zero-order chi connectivity index (χ0) is 15.4. The molecule has 0 radical (unpaired) electrons. The largest absolute Gasteiger partial charge is 0.426 e. The fourth-order valence-corrected chi connectivity index (χ4v) is 1.92. The Morgan fingerprint density at radius 2 is 1.76 bits per heavy atom. The molecule has 21 heavy (non-hydrogen) atoms. The van der Waals surface area contributed by atoms with Crippen molar-refractivity contribution >= 4 is 29.2 Å². The Labute approximate surface area is 127 Å². The summed E-state index contributed by atoms with van der Waals surface area (Å²) in [6, 6.07) is 11.8. The van der Waals surface area contributed by atoms with E-state index in [2.05, 4.69) is 5.32 Å². The predicted octanol–water partition coefficient (Wildman–Crippen LogP) is 3.83. The number of esters is 1. The van der Waals surface area contributed by atoms with Gasteiger partial charge in [0, 0.05) is 17.6 Å². The third-order valence-electron chi connectivity index (χ3n) is 2.74. The van der Waals surface area contributed by atoms with Crippen LogP contribution in [0.1, 0.15) is 22.8 Å². The van der Waals surface area contributed by atoms with Crippen molar-refractivity contribution in [1.29, 1.82) is 0 Å². The first-order chi connectivity index (χ1) is 9.95. The number of hydrogen-bond donors (Lipinski definition) is 1. The number of carbonyl (C=O) groups is 2.